The van der Waals surface area contributed by atoms with Gasteiger partial charge in [0.1, 0.15) is 6.61 Å². The number of carbonyl (C=O) groups is 2. The molecule has 62 heavy (non-hydrogen) atoms. The lowest BCUT2D eigenvalue weighted by Crippen LogP contribution is -2.29. The zero-order chi connectivity index (χ0) is 45.3. The van der Waals surface area contributed by atoms with Crippen molar-refractivity contribution in [1.29, 1.82) is 0 Å². The van der Waals surface area contributed by atoms with Crippen LogP contribution in [-0.2, 0) is 32.7 Å². The van der Waals surface area contributed by atoms with Crippen LogP contribution in [0.1, 0.15) is 174 Å². The molecule has 3 N–H and O–H groups in total. The van der Waals surface area contributed by atoms with Gasteiger partial charge in [0, 0.05) is 19.4 Å². The van der Waals surface area contributed by atoms with Crippen LogP contribution in [0.3, 0.4) is 0 Å². The van der Waals surface area contributed by atoms with Crippen LogP contribution in [0.2, 0.25) is 0 Å². The van der Waals surface area contributed by atoms with Gasteiger partial charge in [-0.15, -0.1) is 0 Å². The predicted octanol–water partition coefficient (Wildman–Crippen LogP) is 14.3. The molecule has 0 aliphatic heterocycles. The van der Waals surface area contributed by atoms with E-state index in [0.29, 0.717) is 6.42 Å². The van der Waals surface area contributed by atoms with E-state index in [1.165, 1.54) is 32.1 Å². The number of rotatable bonds is 43. The summed E-state index contributed by atoms with van der Waals surface area (Å²) in [5.41, 5.74) is 5.34. The summed E-state index contributed by atoms with van der Waals surface area (Å²) in [7, 11) is -4.38. The fraction of sp³-hybridized carbons (Fsp3) is 0.615. The largest absolute Gasteiger partial charge is 0.472 e. The van der Waals surface area contributed by atoms with Gasteiger partial charge in [0.15, 0.2) is 6.10 Å². The molecule has 0 bridgehead atoms. The van der Waals surface area contributed by atoms with Crippen LogP contribution in [0, 0.1) is 0 Å². The van der Waals surface area contributed by atoms with Gasteiger partial charge >= 0.3 is 19.8 Å². The summed E-state index contributed by atoms with van der Waals surface area (Å²) in [4.78, 5) is 34.8. The number of nitrogens with two attached hydrogens (primary N) is 1. The number of phosphoric acid groups is 1. The second kappa shape index (κ2) is 47.2. The van der Waals surface area contributed by atoms with Crippen molar-refractivity contribution in [2.24, 2.45) is 5.73 Å². The third-order valence-corrected chi connectivity index (χ3v) is 10.4. The van der Waals surface area contributed by atoms with E-state index in [1.54, 1.807) is 0 Å². The first-order valence-electron chi connectivity index (χ1n) is 23.9. The lowest BCUT2D eigenvalue weighted by atomic mass is 10.1. The van der Waals surface area contributed by atoms with Crippen molar-refractivity contribution in [3.63, 3.8) is 0 Å². The highest BCUT2D eigenvalue weighted by Gasteiger charge is 2.26. The molecule has 9 nitrogen and oxygen atoms in total. The maximum absolute atomic E-state index is 12.6. The Kier molecular flexibility index (Phi) is 44.6. The first kappa shape index (κ1) is 58.7. The zero-order valence-electron chi connectivity index (χ0n) is 38.8. The van der Waals surface area contributed by atoms with E-state index in [0.717, 1.165) is 109 Å². The van der Waals surface area contributed by atoms with Crippen molar-refractivity contribution in [2.75, 3.05) is 26.4 Å². The summed E-state index contributed by atoms with van der Waals surface area (Å²) in [6.07, 6.45) is 62.9. The average molecular weight is 884 g/mol. The molecule has 0 saturated heterocycles. The Hall–Kier alpha value is -3.33. The Bertz CT molecular complexity index is 1380. The SMILES string of the molecule is CC/C=C\C/C=C\C/C=C\C/C=C\C/C=C\C/C=C\C/C=C\C/C=C\C/C=C\CCCCCCCC(=O)OC(COC(=O)CCCCCCCCCC)COP(=O)(O)OCCN. The summed E-state index contributed by atoms with van der Waals surface area (Å²) < 4.78 is 32.7. The Balaban J connectivity index is 4.06. The Morgan fingerprint density at radius 1 is 0.500 bits per heavy atom. The summed E-state index contributed by atoms with van der Waals surface area (Å²) in [6, 6.07) is 0. The summed E-state index contributed by atoms with van der Waals surface area (Å²) >= 11 is 0. The molecule has 2 atom stereocenters. The van der Waals surface area contributed by atoms with Crippen LogP contribution in [0.15, 0.2) is 109 Å². The van der Waals surface area contributed by atoms with Gasteiger partial charge in [-0.05, 0) is 83.5 Å². The van der Waals surface area contributed by atoms with Crippen LogP contribution in [0.4, 0.5) is 0 Å². The van der Waals surface area contributed by atoms with Crippen molar-refractivity contribution in [3.8, 4) is 0 Å². The number of hydrogen-bond donors (Lipinski definition) is 2. The number of unbranched alkanes of at least 4 members (excludes halogenated alkanes) is 12. The summed E-state index contributed by atoms with van der Waals surface area (Å²) in [6.45, 7) is 3.53. The van der Waals surface area contributed by atoms with Gasteiger partial charge in [-0.1, -0.05) is 187 Å². The lowest BCUT2D eigenvalue weighted by molar-refractivity contribution is -0.161. The molecule has 0 aromatic carbocycles. The molecular weight excluding hydrogens is 798 g/mol. The number of esters is 2. The lowest BCUT2D eigenvalue weighted by Gasteiger charge is -2.19. The average Bonchev–Trinajstić information content (AvgIpc) is 3.26. The standard InChI is InChI=1S/C52H86NO8P/c1-3-5-7-9-11-13-14-15-16-17-18-19-20-21-22-23-24-25-26-27-28-29-30-31-32-33-34-35-36-37-39-41-43-45-52(55)61-50(49-60-62(56,57)59-47-46-53)48-58-51(54)44-42-40-38-12-10-8-6-4-2/h5,7,11,13,15-16,18-19,21-22,24-25,27-28,30-31,33-34,50H,3-4,6,8-10,12,14,17,20,23,26,29,32,35-49,53H2,1-2H3,(H,56,57)/b7-5-,13-11-,16-15-,19-18-,22-21-,25-24-,28-27-,31-30-,34-33-. The zero-order valence-corrected chi connectivity index (χ0v) is 39.7. The molecule has 0 saturated carbocycles. The smallest absolute Gasteiger partial charge is 0.462 e. The van der Waals surface area contributed by atoms with Crippen molar-refractivity contribution >= 4 is 19.8 Å². The molecule has 0 aromatic heterocycles. The Labute approximate surface area is 378 Å². The minimum Gasteiger partial charge on any atom is -0.462 e. The van der Waals surface area contributed by atoms with Gasteiger partial charge in [-0.2, -0.15) is 0 Å². The maximum atomic E-state index is 12.6. The summed E-state index contributed by atoms with van der Waals surface area (Å²) in [5.74, 6) is -0.865. The molecule has 2 unspecified atom stereocenters. The van der Waals surface area contributed by atoms with E-state index < -0.39 is 32.5 Å². The van der Waals surface area contributed by atoms with Crippen molar-refractivity contribution in [3.05, 3.63) is 109 Å². The maximum Gasteiger partial charge on any atom is 0.472 e. The van der Waals surface area contributed by atoms with Crippen LogP contribution in [0.5, 0.6) is 0 Å². The number of hydrogen-bond acceptors (Lipinski definition) is 8. The fourth-order valence-corrected chi connectivity index (χ4v) is 6.68. The van der Waals surface area contributed by atoms with Crippen molar-refractivity contribution < 1.29 is 37.6 Å². The third-order valence-electron chi connectivity index (χ3n) is 9.42. The Morgan fingerprint density at radius 3 is 1.32 bits per heavy atom. The monoisotopic (exact) mass is 884 g/mol. The first-order valence-corrected chi connectivity index (χ1v) is 25.4. The normalized spacial score (nSPS) is 14.2. The van der Waals surface area contributed by atoms with Crippen molar-refractivity contribution in [2.45, 2.75) is 180 Å². The highest BCUT2D eigenvalue weighted by Crippen LogP contribution is 2.43. The molecule has 0 heterocycles. The minimum absolute atomic E-state index is 0.0449. The van der Waals surface area contributed by atoms with E-state index >= 15 is 0 Å². The van der Waals surface area contributed by atoms with Crippen LogP contribution >= 0.6 is 7.82 Å². The molecule has 0 amide bonds. The van der Waals surface area contributed by atoms with Crippen LogP contribution < -0.4 is 5.73 Å². The van der Waals surface area contributed by atoms with Gasteiger partial charge < -0.3 is 20.1 Å². The molecule has 352 valence electrons. The molecule has 0 rings (SSSR count). The third kappa shape index (κ3) is 46.2. The molecule has 0 aliphatic rings. The van der Waals surface area contributed by atoms with E-state index in [4.69, 9.17) is 24.3 Å². The molecule has 0 spiro atoms. The highest BCUT2D eigenvalue weighted by atomic mass is 31.2. The molecular formula is C52H86NO8P. The number of allylic oxidation sites excluding steroid dienone is 18. The molecule has 0 fully saturated rings. The number of carbonyl (C=O) groups excluding carboxylic acids is 2. The van der Waals surface area contributed by atoms with Crippen molar-refractivity contribution in [1.82, 2.24) is 0 Å². The van der Waals surface area contributed by atoms with Gasteiger partial charge in [-0.3, -0.25) is 18.6 Å². The van der Waals surface area contributed by atoms with Gasteiger partial charge in [0.05, 0.1) is 13.2 Å². The Morgan fingerprint density at radius 2 is 0.887 bits per heavy atom. The van der Waals surface area contributed by atoms with Gasteiger partial charge in [0.25, 0.3) is 0 Å². The second-order valence-corrected chi connectivity index (χ2v) is 16.7. The molecule has 0 aromatic rings. The van der Waals surface area contributed by atoms with E-state index in [-0.39, 0.29) is 32.6 Å². The van der Waals surface area contributed by atoms with Gasteiger partial charge in [-0.25, -0.2) is 4.57 Å². The van der Waals surface area contributed by atoms with E-state index in [2.05, 4.69) is 123 Å². The second-order valence-electron chi connectivity index (χ2n) is 15.2. The van der Waals surface area contributed by atoms with Crippen LogP contribution in [0.25, 0.3) is 0 Å². The molecule has 0 radical (unpaired) electrons. The van der Waals surface area contributed by atoms with Gasteiger partial charge in [0.2, 0.25) is 0 Å². The first-order chi connectivity index (χ1) is 30.3. The minimum atomic E-state index is -4.38. The molecule has 10 heteroatoms. The number of ether oxygens (including phenoxy) is 2. The topological polar surface area (TPSA) is 134 Å². The highest BCUT2D eigenvalue weighted by molar-refractivity contribution is 7.47. The van der Waals surface area contributed by atoms with Crippen LogP contribution in [-0.4, -0.2) is 49.3 Å². The van der Waals surface area contributed by atoms with E-state index in [9.17, 15) is 19.0 Å². The summed E-state index contributed by atoms with van der Waals surface area (Å²) in [5, 5.41) is 0. The molecule has 0 aliphatic carbocycles. The predicted molar refractivity (Wildman–Crippen MR) is 261 cm³/mol. The van der Waals surface area contributed by atoms with E-state index in [1.807, 2.05) is 0 Å². The fourth-order valence-electron chi connectivity index (χ4n) is 5.92. The number of phosphoric ester groups is 1. The quantitative estimate of drug-likeness (QED) is 0.0266.